The fourth-order valence-electron chi connectivity index (χ4n) is 8.34. The first-order valence-corrected chi connectivity index (χ1v) is 14.4. The summed E-state index contributed by atoms with van der Waals surface area (Å²) in [5, 5.41) is 0. The number of pyridine rings is 1. The van der Waals surface area contributed by atoms with Crippen LogP contribution in [0.5, 0.6) is 0 Å². The Labute approximate surface area is 207 Å². The van der Waals surface area contributed by atoms with Gasteiger partial charge in [-0.2, -0.15) is 0 Å². The Hall–Kier alpha value is -1.58. The molecule has 5 aliphatic rings. The van der Waals surface area contributed by atoms with E-state index < -0.39 is 0 Å². The zero-order chi connectivity index (χ0) is 23.4. The van der Waals surface area contributed by atoms with Gasteiger partial charge in [0.15, 0.2) is 0 Å². The summed E-state index contributed by atoms with van der Waals surface area (Å²) >= 11 is 0. The SMILES string of the molecule is CN(CCC(CCc1ccncc1)CCC12CC3CC(CC(C3)C1)C2)C(=O)OC1CCCCC1. The standard InChI is InChI=1S/C30H46N2O2/c1-32(29(33)34-28-5-3-2-4-6-28)16-12-23(7-8-24-10-14-31-15-11-24)9-13-30-20-25-17-26(21-30)19-27(18-25)22-30/h10-11,14-15,23,25-28H,2-9,12-13,16-22H2,1H3. The molecule has 6 rings (SSSR count). The van der Waals surface area contributed by atoms with Crippen LogP contribution in [-0.4, -0.2) is 35.7 Å². The average Bonchev–Trinajstić information content (AvgIpc) is 2.84. The van der Waals surface area contributed by atoms with Crippen molar-refractivity contribution in [2.24, 2.45) is 29.1 Å². The molecule has 0 saturated heterocycles. The molecule has 1 amide bonds. The highest BCUT2D eigenvalue weighted by molar-refractivity contribution is 5.67. The van der Waals surface area contributed by atoms with Crippen LogP contribution in [0, 0.1) is 29.1 Å². The molecule has 0 aliphatic heterocycles. The lowest BCUT2D eigenvalue weighted by Gasteiger charge is -2.57. The second-order valence-corrected chi connectivity index (χ2v) is 12.6. The van der Waals surface area contributed by atoms with E-state index in [4.69, 9.17) is 4.74 Å². The van der Waals surface area contributed by atoms with Gasteiger partial charge in [0.05, 0.1) is 0 Å². The van der Waals surface area contributed by atoms with Crippen molar-refractivity contribution in [2.75, 3.05) is 13.6 Å². The maximum atomic E-state index is 12.7. The molecule has 0 spiro atoms. The van der Waals surface area contributed by atoms with Crippen molar-refractivity contribution < 1.29 is 9.53 Å². The average molecular weight is 467 g/mol. The maximum absolute atomic E-state index is 12.7. The number of hydrogen-bond acceptors (Lipinski definition) is 3. The van der Waals surface area contributed by atoms with E-state index in [1.165, 1.54) is 82.6 Å². The predicted molar refractivity (Wildman–Crippen MR) is 136 cm³/mol. The van der Waals surface area contributed by atoms with Crippen LogP contribution < -0.4 is 0 Å². The largest absolute Gasteiger partial charge is 0.446 e. The van der Waals surface area contributed by atoms with E-state index in [-0.39, 0.29) is 12.2 Å². The Kier molecular flexibility index (Phi) is 7.80. The first-order valence-electron chi connectivity index (χ1n) is 14.4. The fraction of sp³-hybridized carbons (Fsp3) is 0.800. The van der Waals surface area contributed by atoms with Crippen LogP contribution >= 0.6 is 0 Å². The summed E-state index contributed by atoms with van der Waals surface area (Å²) < 4.78 is 5.82. The number of rotatable bonds is 10. The summed E-state index contributed by atoms with van der Waals surface area (Å²) in [5.41, 5.74) is 2.04. The van der Waals surface area contributed by atoms with E-state index in [1.54, 1.807) is 0 Å². The van der Waals surface area contributed by atoms with Crippen LogP contribution in [-0.2, 0) is 11.2 Å². The molecular weight excluding hydrogens is 420 g/mol. The summed E-state index contributed by atoms with van der Waals surface area (Å²) in [7, 11) is 1.93. The highest BCUT2D eigenvalue weighted by Gasteiger charge is 2.50. The number of nitrogens with zero attached hydrogens (tertiary/aromatic N) is 2. The predicted octanol–water partition coefficient (Wildman–Crippen LogP) is 7.42. The smallest absolute Gasteiger partial charge is 0.409 e. The maximum Gasteiger partial charge on any atom is 0.409 e. The van der Waals surface area contributed by atoms with Gasteiger partial charge < -0.3 is 9.64 Å². The normalized spacial score (nSPS) is 31.4. The van der Waals surface area contributed by atoms with Gasteiger partial charge in [-0.15, -0.1) is 0 Å². The number of ether oxygens (including phenoxy) is 1. The van der Waals surface area contributed by atoms with Gasteiger partial charge in [0.2, 0.25) is 0 Å². The van der Waals surface area contributed by atoms with Gasteiger partial charge >= 0.3 is 6.09 Å². The van der Waals surface area contributed by atoms with Gasteiger partial charge in [0.1, 0.15) is 6.10 Å². The summed E-state index contributed by atoms with van der Waals surface area (Å²) in [4.78, 5) is 18.7. The van der Waals surface area contributed by atoms with Gasteiger partial charge in [0, 0.05) is 26.0 Å². The van der Waals surface area contributed by atoms with Crippen molar-refractivity contribution in [2.45, 2.75) is 109 Å². The molecular formula is C30H46N2O2. The van der Waals surface area contributed by atoms with Crippen molar-refractivity contribution in [3.8, 4) is 0 Å². The molecule has 188 valence electrons. The van der Waals surface area contributed by atoms with Crippen LogP contribution in [0.15, 0.2) is 24.5 Å². The minimum Gasteiger partial charge on any atom is -0.446 e. The molecule has 0 aromatic carbocycles. The van der Waals surface area contributed by atoms with Crippen LogP contribution in [0.1, 0.15) is 102 Å². The Morgan fingerprint density at radius 3 is 2.29 bits per heavy atom. The molecule has 4 nitrogen and oxygen atoms in total. The Morgan fingerprint density at radius 1 is 1.00 bits per heavy atom. The first-order chi connectivity index (χ1) is 16.6. The summed E-state index contributed by atoms with van der Waals surface area (Å²) in [5.74, 6) is 3.76. The number of carbonyl (C=O) groups is 1. The molecule has 1 heterocycles. The topological polar surface area (TPSA) is 42.4 Å². The summed E-state index contributed by atoms with van der Waals surface area (Å²) in [6, 6.07) is 4.31. The minimum atomic E-state index is -0.110. The molecule has 1 unspecified atom stereocenters. The van der Waals surface area contributed by atoms with E-state index in [9.17, 15) is 4.79 Å². The first kappa shape index (κ1) is 24.1. The molecule has 4 bridgehead atoms. The van der Waals surface area contributed by atoms with E-state index in [2.05, 4.69) is 17.1 Å². The molecule has 0 radical (unpaired) electrons. The van der Waals surface area contributed by atoms with Crippen LogP contribution in [0.4, 0.5) is 4.79 Å². The van der Waals surface area contributed by atoms with Crippen molar-refractivity contribution >= 4 is 6.09 Å². The lowest BCUT2D eigenvalue weighted by atomic mass is 9.48. The van der Waals surface area contributed by atoms with E-state index in [0.717, 1.165) is 50.0 Å². The third kappa shape index (κ3) is 6.15. The van der Waals surface area contributed by atoms with Crippen molar-refractivity contribution in [3.05, 3.63) is 30.1 Å². The van der Waals surface area contributed by atoms with Gasteiger partial charge in [-0.3, -0.25) is 4.98 Å². The molecule has 5 saturated carbocycles. The number of carbonyl (C=O) groups excluding carboxylic acids is 1. The number of aromatic nitrogens is 1. The van der Waals surface area contributed by atoms with Gasteiger partial charge in [-0.05, 0) is 143 Å². The van der Waals surface area contributed by atoms with Crippen LogP contribution in [0.25, 0.3) is 0 Å². The lowest BCUT2D eigenvalue weighted by Crippen LogP contribution is -2.46. The third-order valence-corrected chi connectivity index (χ3v) is 9.84. The quantitative estimate of drug-likeness (QED) is 0.360. The fourth-order valence-corrected chi connectivity index (χ4v) is 8.34. The Bertz CT molecular complexity index is 753. The number of amides is 1. The number of hydrogen-bond donors (Lipinski definition) is 0. The second-order valence-electron chi connectivity index (χ2n) is 12.6. The van der Waals surface area contributed by atoms with Gasteiger partial charge in [-0.1, -0.05) is 6.42 Å². The van der Waals surface area contributed by atoms with Crippen molar-refractivity contribution in [1.82, 2.24) is 9.88 Å². The van der Waals surface area contributed by atoms with E-state index >= 15 is 0 Å². The molecule has 5 fully saturated rings. The molecule has 0 N–H and O–H groups in total. The van der Waals surface area contributed by atoms with E-state index in [0.29, 0.717) is 11.3 Å². The Morgan fingerprint density at radius 2 is 1.65 bits per heavy atom. The summed E-state index contributed by atoms with van der Waals surface area (Å²) in [6.45, 7) is 0.813. The van der Waals surface area contributed by atoms with Crippen molar-refractivity contribution in [1.29, 1.82) is 0 Å². The molecule has 1 atom stereocenters. The molecule has 4 heteroatoms. The molecule has 1 aromatic heterocycles. The summed E-state index contributed by atoms with van der Waals surface area (Å²) in [6.07, 6.45) is 24.9. The van der Waals surface area contributed by atoms with Gasteiger partial charge in [0.25, 0.3) is 0 Å². The van der Waals surface area contributed by atoms with E-state index in [1.807, 2.05) is 24.3 Å². The monoisotopic (exact) mass is 466 g/mol. The minimum absolute atomic E-state index is 0.110. The Balaban J connectivity index is 1.15. The zero-order valence-corrected chi connectivity index (χ0v) is 21.4. The highest BCUT2D eigenvalue weighted by atomic mass is 16.6. The molecule has 1 aromatic rings. The van der Waals surface area contributed by atoms with Crippen molar-refractivity contribution in [3.63, 3.8) is 0 Å². The van der Waals surface area contributed by atoms with Crippen LogP contribution in [0.3, 0.4) is 0 Å². The third-order valence-electron chi connectivity index (χ3n) is 9.84. The number of aryl methyl sites for hydroxylation is 1. The molecule has 5 aliphatic carbocycles. The molecule has 34 heavy (non-hydrogen) atoms. The zero-order valence-electron chi connectivity index (χ0n) is 21.4. The van der Waals surface area contributed by atoms with Crippen LogP contribution in [0.2, 0.25) is 0 Å². The second kappa shape index (κ2) is 11.0. The lowest BCUT2D eigenvalue weighted by molar-refractivity contribution is -0.0603. The van der Waals surface area contributed by atoms with Gasteiger partial charge in [-0.25, -0.2) is 4.79 Å². The highest BCUT2D eigenvalue weighted by Crippen LogP contribution is 2.61.